The predicted octanol–water partition coefficient (Wildman–Crippen LogP) is 4.97. The minimum absolute atomic E-state index is 0.0989. The van der Waals surface area contributed by atoms with Crippen molar-refractivity contribution in [3.63, 3.8) is 0 Å². The summed E-state index contributed by atoms with van der Waals surface area (Å²) >= 11 is 5.45. The topological polar surface area (TPSA) is 85.4 Å². The zero-order valence-corrected chi connectivity index (χ0v) is 21.1. The van der Waals surface area contributed by atoms with Crippen LogP contribution >= 0.6 is 12.2 Å². The van der Waals surface area contributed by atoms with E-state index in [4.69, 9.17) is 21.7 Å². The molecular formula is C25H37N3O4S. The first-order valence-corrected chi connectivity index (χ1v) is 12.6. The van der Waals surface area contributed by atoms with E-state index in [2.05, 4.69) is 24.1 Å². The summed E-state index contributed by atoms with van der Waals surface area (Å²) in [5.74, 6) is 2.40. The molecule has 1 fully saturated rings. The van der Waals surface area contributed by atoms with E-state index in [9.17, 15) is 9.59 Å². The fourth-order valence-corrected chi connectivity index (χ4v) is 4.90. The number of amides is 1. The third-order valence-corrected chi connectivity index (χ3v) is 7.06. The van der Waals surface area contributed by atoms with Crippen molar-refractivity contribution in [1.82, 2.24) is 14.9 Å². The monoisotopic (exact) mass is 475 g/mol. The van der Waals surface area contributed by atoms with Crippen LogP contribution in [0.2, 0.25) is 0 Å². The van der Waals surface area contributed by atoms with Crippen molar-refractivity contribution >= 4 is 29.0 Å². The van der Waals surface area contributed by atoms with Gasteiger partial charge in [0, 0.05) is 25.1 Å². The SMILES string of the molecule is CCOc1cc2[nH]c(=S)n(CCCCC(=O)N[C@@H]3CCC[C@@H](C)[C@@H]3C)c(=O)c2cc1OCC. The molecule has 0 spiro atoms. The first-order valence-electron chi connectivity index (χ1n) is 12.2. The molecule has 0 radical (unpaired) electrons. The largest absolute Gasteiger partial charge is 0.490 e. The van der Waals surface area contributed by atoms with Gasteiger partial charge in [0.25, 0.3) is 5.56 Å². The molecule has 1 aromatic carbocycles. The molecule has 1 aliphatic rings. The number of benzene rings is 1. The van der Waals surface area contributed by atoms with Crippen LogP contribution in [0, 0.1) is 16.6 Å². The number of unbranched alkanes of at least 4 members (excludes halogenated alkanes) is 1. The fourth-order valence-electron chi connectivity index (χ4n) is 4.62. The van der Waals surface area contributed by atoms with Gasteiger partial charge in [0.2, 0.25) is 5.91 Å². The number of nitrogens with zero attached hydrogens (tertiary/aromatic N) is 1. The van der Waals surface area contributed by atoms with Crippen LogP contribution in [0.25, 0.3) is 10.9 Å². The maximum absolute atomic E-state index is 13.1. The van der Waals surface area contributed by atoms with Gasteiger partial charge in [-0.3, -0.25) is 14.2 Å². The molecule has 1 saturated carbocycles. The van der Waals surface area contributed by atoms with Crippen LogP contribution in [-0.4, -0.2) is 34.7 Å². The Morgan fingerprint density at radius 1 is 1.15 bits per heavy atom. The molecule has 1 amide bonds. The zero-order chi connectivity index (χ0) is 24.0. The first kappa shape index (κ1) is 25.3. The Bertz CT molecular complexity index is 1080. The highest BCUT2D eigenvalue weighted by molar-refractivity contribution is 7.71. The lowest BCUT2D eigenvalue weighted by molar-refractivity contribution is -0.122. The molecule has 0 aliphatic heterocycles. The molecule has 8 heteroatoms. The standard InChI is InChI=1S/C25H37N3O4S/c1-5-31-21-14-18-20(15-22(21)32-6-2)27-25(33)28(24(18)30)13-8-7-12-23(29)26-19-11-9-10-16(3)17(19)4/h14-17,19H,5-13H2,1-4H3,(H,26,29)(H,27,33)/t16-,17+,19-/m1/s1. The van der Waals surface area contributed by atoms with Crippen LogP contribution in [0.1, 0.15) is 66.2 Å². The molecule has 182 valence electrons. The molecule has 1 aliphatic carbocycles. The summed E-state index contributed by atoms with van der Waals surface area (Å²) in [6, 6.07) is 3.76. The number of hydrogen-bond donors (Lipinski definition) is 2. The molecule has 0 saturated heterocycles. The van der Waals surface area contributed by atoms with Gasteiger partial charge >= 0.3 is 0 Å². The Balaban J connectivity index is 1.64. The predicted molar refractivity (Wildman–Crippen MR) is 134 cm³/mol. The second kappa shape index (κ2) is 11.7. The fraction of sp³-hybridized carbons (Fsp3) is 0.640. The molecule has 0 unspecified atom stereocenters. The van der Waals surface area contributed by atoms with Gasteiger partial charge in [0.05, 0.1) is 24.1 Å². The number of carbonyl (C=O) groups is 1. The number of nitrogens with one attached hydrogen (secondary N) is 2. The summed E-state index contributed by atoms with van der Waals surface area (Å²) in [6.07, 6.45) is 5.34. The average Bonchev–Trinajstić information content (AvgIpc) is 2.77. The summed E-state index contributed by atoms with van der Waals surface area (Å²) in [7, 11) is 0. The summed E-state index contributed by atoms with van der Waals surface area (Å²) in [5.41, 5.74) is 0.468. The molecule has 7 nitrogen and oxygen atoms in total. The number of ether oxygens (including phenoxy) is 2. The molecule has 2 aromatic rings. The molecule has 1 heterocycles. The van der Waals surface area contributed by atoms with Crippen molar-refractivity contribution in [3.8, 4) is 11.5 Å². The van der Waals surface area contributed by atoms with E-state index in [-0.39, 0.29) is 17.5 Å². The van der Waals surface area contributed by atoms with Gasteiger partial charge in [-0.2, -0.15) is 0 Å². The Hall–Kier alpha value is -2.35. The van der Waals surface area contributed by atoms with E-state index in [1.165, 1.54) is 12.8 Å². The third-order valence-electron chi connectivity index (χ3n) is 6.73. The first-order chi connectivity index (χ1) is 15.8. The molecular weight excluding hydrogens is 438 g/mol. The Kier molecular flexibility index (Phi) is 8.95. The molecule has 3 atom stereocenters. The summed E-state index contributed by atoms with van der Waals surface area (Å²) in [5, 5.41) is 3.73. The van der Waals surface area contributed by atoms with E-state index in [1.807, 2.05) is 13.8 Å². The van der Waals surface area contributed by atoms with Crippen LogP contribution in [0.5, 0.6) is 11.5 Å². The third kappa shape index (κ3) is 6.16. The van der Waals surface area contributed by atoms with Gasteiger partial charge < -0.3 is 19.8 Å². The lowest BCUT2D eigenvalue weighted by Gasteiger charge is -2.34. The number of H-pyrrole nitrogens is 1. The maximum Gasteiger partial charge on any atom is 0.262 e. The van der Waals surface area contributed by atoms with Gasteiger partial charge in [-0.1, -0.05) is 26.7 Å². The summed E-state index contributed by atoms with van der Waals surface area (Å²) in [4.78, 5) is 28.7. The minimum Gasteiger partial charge on any atom is -0.490 e. The van der Waals surface area contributed by atoms with Crippen molar-refractivity contribution in [2.24, 2.45) is 11.8 Å². The highest BCUT2D eigenvalue weighted by Crippen LogP contribution is 2.31. The van der Waals surface area contributed by atoms with Gasteiger partial charge in [0.1, 0.15) is 0 Å². The second-order valence-electron chi connectivity index (χ2n) is 9.00. The van der Waals surface area contributed by atoms with E-state index in [1.54, 1.807) is 16.7 Å². The van der Waals surface area contributed by atoms with Gasteiger partial charge in [-0.05, 0) is 63.2 Å². The van der Waals surface area contributed by atoms with Crippen molar-refractivity contribution in [2.45, 2.75) is 78.8 Å². The smallest absolute Gasteiger partial charge is 0.262 e. The minimum atomic E-state index is -0.160. The van der Waals surface area contributed by atoms with Gasteiger partial charge in [-0.25, -0.2) is 0 Å². The van der Waals surface area contributed by atoms with E-state index >= 15 is 0 Å². The van der Waals surface area contributed by atoms with Crippen LogP contribution in [0.4, 0.5) is 0 Å². The van der Waals surface area contributed by atoms with E-state index in [0.29, 0.717) is 78.0 Å². The van der Waals surface area contributed by atoms with Crippen molar-refractivity contribution in [3.05, 3.63) is 27.3 Å². The number of fused-ring (bicyclic) bond motifs is 1. The highest BCUT2D eigenvalue weighted by Gasteiger charge is 2.27. The van der Waals surface area contributed by atoms with E-state index < -0.39 is 0 Å². The summed E-state index contributed by atoms with van der Waals surface area (Å²) < 4.78 is 13.3. The quantitative estimate of drug-likeness (QED) is 0.374. The Morgan fingerprint density at radius 2 is 1.85 bits per heavy atom. The Labute approximate surface area is 200 Å². The number of hydrogen-bond acceptors (Lipinski definition) is 5. The van der Waals surface area contributed by atoms with E-state index in [0.717, 1.165) is 6.42 Å². The number of aromatic nitrogens is 2. The normalized spacial score (nSPS) is 20.5. The van der Waals surface area contributed by atoms with Crippen LogP contribution in [0.3, 0.4) is 0 Å². The maximum atomic E-state index is 13.1. The van der Waals surface area contributed by atoms with Crippen LogP contribution in [-0.2, 0) is 11.3 Å². The van der Waals surface area contributed by atoms with Gasteiger partial charge in [-0.15, -0.1) is 0 Å². The summed E-state index contributed by atoms with van der Waals surface area (Å²) in [6.45, 7) is 9.72. The van der Waals surface area contributed by atoms with Crippen molar-refractivity contribution in [1.29, 1.82) is 0 Å². The molecule has 1 aromatic heterocycles. The molecule has 0 bridgehead atoms. The Morgan fingerprint density at radius 3 is 2.55 bits per heavy atom. The lowest BCUT2D eigenvalue weighted by atomic mass is 9.78. The zero-order valence-electron chi connectivity index (χ0n) is 20.2. The molecule has 2 N–H and O–H groups in total. The molecule has 33 heavy (non-hydrogen) atoms. The number of rotatable bonds is 10. The van der Waals surface area contributed by atoms with Crippen molar-refractivity contribution < 1.29 is 14.3 Å². The van der Waals surface area contributed by atoms with Crippen LogP contribution in [0.15, 0.2) is 16.9 Å². The second-order valence-corrected chi connectivity index (χ2v) is 9.38. The lowest BCUT2D eigenvalue weighted by Crippen LogP contribution is -2.43. The van der Waals surface area contributed by atoms with Crippen molar-refractivity contribution in [2.75, 3.05) is 13.2 Å². The van der Waals surface area contributed by atoms with Gasteiger partial charge in [0.15, 0.2) is 16.3 Å². The number of carbonyl (C=O) groups excluding carboxylic acids is 1. The average molecular weight is 476 g/mol. The van der Waals surface area contributed by atoms with Crippen LogP contribution < -0.4 is 20.3 Å². The molecule has 3 rings (SSSR count). The highest BCUT2D eigenvalue weighted by atomic mass is 32.1. The number of aromatic amines is 1.